The summed E-state index contributed by atoms with van der Waals surface area (Å²) in [4.78, 5) is 13.0. The molecule has 4 nitrogen and oxygen atoms in total. The van der Waals surface area contributed by atoms with Crippen LogP contribution in [0.1, 0.15) is 19.0 Å². The van der Waals surface area contributed by atoms with Gasteiger partial charge in [0.1, 0.15) is 5.69 Å². The summed E-state index contributed by atoms with van der Waals surface area (Å²) in [6.07, 6.45) is 5.35. The van der Waals surface area contributed by atoms with Gasteiger partial charge < -0.3 is 4.74 Å². The number of hydrogen-bond acceptors (Lipinski definition) is 4. The van der Waals surface area contributed by atoms with Gasteiger partial charge in [-0.25, -0.2) is 9.97 Å². The summed E-state index contributed by atoms with van der Waals surface area (Å²) in [5, 5.41) is 0. The fourth-order valence-electron chi connectivity index (χ4n) is 1.61. The van der Waals surface area contributed by atoms with Crippen LogP contribution in [0.25, 0.3) is 11.5 Å². The SMILES string of the molecule is CCCc1nc(-c2ccccn2)ncc1OC. The average Bonchev–Trinajstić information content (AvgIpc) is 2.40. The molecule has 0 unspecified atom stereocenters. The van der Waals surface area contributed by atoms with E-state index in [1.54, 1.807) is 19.5 Å². The van der Waals surface area contributed by atoms with Crippen LogP contribution < -0.4 is 4.74 Å². The van der Waals surface area contributed by atoms with Crippen molar-refractivity contribution in [3.63, 3.8) is 0 Å². The standard InChI is InChI=1S/C13H15N3O/c1-3-6-10-12(17-2)9-15-13(16-10)11-7-4-5-8-14-11/h4-5,7-9H,3,6H2,1-2H3. The van der Waals surface area contributed by atoms with Gasteiger partial charge in [0.2, 0.25) is 0 Å². The van der Waals surface area contributed by atoms with Gasteiger partial charge in [-0.2, -0.15) is 0 Å². The molecule has 2 rings (SSSR count). The molecule has 0 N–H and O–H groups in total. The summed E-state index contributed by atoms with van der Waals surface area (Å²) >= 11 is 0. The molecule has 0 saturated carbocycles. The van der Waals surface area contributed by atoms with Crippen molar-refractivity contribution in [3.8, 4) is 17.3 Å². The van der Waals surface area contributed by atoms with E-state index in [2.05, 4.69) is 21.9 Å². The van der Waals surface area contributed by atoms with Crippen LogP contribution in [-0.2, 0) is 6.42 Å². The minimum atomic E-state index is 0.648. The van der Waals surface area contributed by atoms with Crippen molar-refractivity contribution in [1.82, 2.24) is 15.0 Å². The maximum atomic E-state index is 5.24. The highest BCUT2D eigenvalue weighted by Crippen LogP contribution is 2.20. The molecule has 0 aliphatic rings. The Labute approximate surface area is 101 Å². The first-order valence-corrected chi connectivity index (χ1v) is 5.66. The van der Waals surface area contributed by atoms with E-state index in [1.165, 1.54) is 0 Å². The van der Waals surface area contributed by atoms with Crippen molar-refractivity contribution in [2.45, 2.75) is 19.8 Å². The number of aryl methyl sites for hydroxylation is 1. The summed E-state index contributed by atoms with van der Waals surface area (Å²) in [6.45, 7) is 2.11. The highest BCUT2D eigenvalue weighted by atomic mass is 16.5. The lowest BCUT2D eigenvalue weighted by Gasteiger charge is -2.07. The highest BCUT2D eigenvalue weighted by Gasteiger charge is 2.08. The van der Waals surface area contributed by atoms with Gasteiger partial charge in [0, 0.05) is 6.20 Å². The summed E-state index contributed by atoms with van der Waals surface area (Å²) in [5.41, 5.74) is 1.72. The van der Waals surface area contributed by atoms with E-state index in [0.29, 0.717) is 5.82 Å². The molecule has 0 atom stereocenters. The largest absolute Gasteiger partial charge is 0.493 e. The maximum Gasteiger partial charge on any atom is 0.178 e. The van der Waals surface area contributed by atoms with Crippen LogP contribution in [0, 0.1) is 0 Å². The fraction of sp³-hybridized carbons (Fsp3) is 0.308. The number of hydrogen-bond donors (Lipinski definition) is 0. The van der Waals surface area contributed by atoms with Crippen molar-refractivity contribution in [2.24, 2.45) is 0 Å². The van der Waals surface area contributed by atoms with E-state index >= 15 is 0 Å². The number of pyridine rings is 1. The normalized spacial score (nSPS) is 10.2. The van der Waals surface area contributed by atoms with Crippen LogP contribution in [0.5, 0.6) is 5.75 Å². The Bertz CT molecular complexity index is 485. The van der Waals surface area contributed by atoms with Crippen molar-refractivity contribution in [1.29, 1.82) is 0 Å². The minimum absolute atomic E-state index is 0.648. The van der Waals surface area contributed by atoms with E-state index in [9.17, 15) is 0 Å². The fourth-order valence-corrected chi connectivity index (χ4v) is 1.61. The van der Waals surface area contributed by atoms with Crippen LogP contribution in [0.15, 0.2) is 30.6 Å². The summed E-state index contributed by atoms with van der Waals surface area (Å²) in [6, 6.07) is 5.70. The third-order valence-electron chi connectivity index (χ3n) is 2.43. The van der Waals surface area contributed by atoms with Gasteiger partial charge in [0.25, 0.3) is 0 Å². The molecule has 4 heteroatoms. The Morgan fingerprint density at radius 2 is 2.12 bits per heavy atom. The quantitative estimate of drug-likeness (QED) is 0.808. The lowest BCUT2D eigenvalue weighted by atomic mass is 10.2. The lowest BCUT2D eigenvalue weighted by molar-refractivity contribution is 0.404. The van der Waals surface area contributed by atoms with Crippen molar-refractivity contribution >= 4 is 0 Å². The first-order chi connectivity index (χ1) is 8.35. The maximum absolute atomic E-state index is 5.24. The van der Waals surface area contributed by atoms with Crippen LogP contribution >= 0.6 is 0 Å². The van der Waals surface area contributed by atoms with Gasteiger partial charge in [-0.05, 0) is 18.6 Å². The molecule has 17 heavy (non-hydrogen) atoms. The second kappa shape index (κ2) is 5.39. The molecule has 0 radical (unpaired) electrons. The minimum Gasteiger partial charge on any atom is -0.493 e. The molecular weight excluding hydrogens is 214 g/mol. The van der Waals surface area contributed by atoms with E-state index in [4.69, 9.17) is 4.74 Å². The van der Waals surface area contributed by atoms with Gasteiger partial charge in [-0.1, -0.05) is 19.4 Å². The molecule has 0 aliphatic carbocycles. The van der Waals surface area contributed by atoms with Crippen LogP contribution in [0.4, 0.5) is 0 Å². The molecular formula is C13H15N3O. The zero-order chi connectivity index (χ0) is 12.1. The molecule has 0 aliphatic heterocycles. The monoisotopic (exact) mass is 229 g/mol. The van der Waals surface area contributed by atoms with Crippen molar-refractivity contribution in [3.05, 3.63) is 36.3 Å². The predicted molar refractivity (Wildman–Crippen MR) is 65.8 cm³/mol. The first-order valence-electron chi connectivity index (χ1n) is 5.66. The predicted octanol–water partition coefficient (Wildman–Crippen LogP) is 2.50. The Hall–Kier alpha value is -1.97. The van der Waals surface area contributed by atoms with Gasteiger partial charge in [0.15, 0.2) is 11.6 Å². The second-order valence-electron chi connectivity index (χ2n) is 3.67. The van der Waals surface area contributed by atoms with Crippen LogP contribution in [0.2, 0.25) is 0 Å². The van der Waals surface area contributed by atoms with Gasteiger partial charge in [-0.15, -0.1) is 0 Å². The Morgan fingerprint density at radius 3 is 2.76 bits per heavy atom. The van der Waals surface area contributed by atoms with Crippen molar-refractivity contribution < 1.29 is 4.74 Å². The molecule has 2 aromatic heterocycles. The molecule has 2 aromatic rings. The third-order valence-corrected chi connectivity index (χ3v) is 2.43. The molecule has 0 amide bonds. The van der Waals surface area contributed by atoms with Crippen molar-refractivity contribution in [2.75, 3.05) is 7.11 Å². The third kappa shape index (κ3) is 2.58. The van der Waals surface area contributed by atoms with Crippen LogP contribution in [0.3, 0.4) is 0 Å². The number of ether oxygens (including phenoxy) is 1. The molecule has 0 fully saturated rings. The van der Waals surface area contributed by atoms with E-state index < -0.39 is 0 Å². The zero-order valence-corrected chi connectivity index (χ0v) is 10.1. The Kier molecular flexibility index (Phi) is 3.65. The molecule has 0 saturated heterocycles. The van der Waals surface area contributed by atoms with E-state index in [-0.39, 0.29) is 0 Å². The summed E-state index contributed by atoms with van der Waals surface area (Å²) in [7, 11) is 1.64. The number of rotatable bonds is 4. The second-order valence-corrected chi connectivity index (χ2v) is 3.67. The smallest absolute Gasteiger partial charge is 0.178 e. The van der Waals surface area contributed by atoms with Gasteiger partial charge in [0.05, 0.1) is 19.0 Å². The van der Waals surface area contributed by atoms with Crippen LogP contribution in [-0.4, -0.2) is 22.1 Å². The summed E-state index contributed by atoms with van der Waals surface area (Å²) < 4.78 is 5.24. The van der Waals surface area contributed by atoms with Gasteiger partial charge >= 0.3 is 0 Å². The number of aromatic nitrogens is 3. The zero-order valence-electron chi connectivity index (χ0n) is 10.1. The van der Waals surface area contributed by atoms with E-state index in [1.807, 2.05) is 18.2 Å². The highest BCUT2D eigenvalue weighted by molar-refractivity contribution is 5.49. The molecule has 2 heterocycles. The molecule has 0 bridgehead atoms. The Balaban J connectivity index is 2.40. The van der Waals surface area contributed by atoms with E-state index in [0.717, 1.165) is 30.0 Å². The molecule has 0 spiro atoms. The summed E-state index contributed by atoms with van der Waals surface area (Å²) in [5.74, 6) is 1.39. The Morgan fingerprint density at radius 1 is 1.24 bits per heavy atom. The first kappa shape index (κ1) is 11.5. The van der Waals surface area contributed by atoms with Gasteiger partial charge in [-0.3, -0.25) is 4.98 Å². The topological polar surface area (TPSA) is 47.9 Å². The molecule has 88 valence electrons. The molecule has 0 aromatic carbocycles. The number of methoxy groups -OCH3 is 1. The average molecular weight is 229 g/mol. The number of nitrogens with zero attached hydrogens (tertiary/aromatic N) is 3. The lowest BCUT2D eigenvalue weighted by Crippen LogP contribution is -2.00.